The van der Waals surface area contributed by atoms with E-state index in [0.717, 1.165) is 26.1 Å². The summed E-state index contributed by atoms with van der Waals surface area (Å²) >= 11 is 3.50. The van der Waals surface area contributed by atoms with E-state index in [9.17, 15) is 9.59 Å². The zero-order chi connectivity index (χ0) is 23.5. The molecule has 9 heteroatoms. The number of benzene rings is 2. The molecule has 0 spiro atoms. The van der Waals surface area contributed by atoms with Crippen LogP contribution in [0.25, 0.3) is 6.08 Å². The van der Waals surface area contributed by atoms with Crippen molar-refractivity contribution in [2.45, 2.75) is 19.5 Å². The number of hydrazone groups is 1. The van der Waals surface area contributed by atoms with Crippen LogP contribution < -0.4 is 5.43 Å². The number of likely N-dealkylation sites (N-methyl/N-ethyl adjacent to an activating group) is 2. The Kier molecular flexibility index (Phi) is 6.50. The first-order chi connectivity index (χ1) is 15.8. The van der Waals surface area contributed by atoms with Crippen LogP contribution in [0.3, 0.4) is 0 Å². The second-order valence-electron chi connectivity index (χ2n) is 7.86. The number of carbonyl (C=O) groups excluding carboxylic acids is 2. The van der Waals surface area contributed by atoms with E-state index < -0.39 is 12.1 Å². The van der Waals surface area contributed by atoms with Gasteiger partial charge in [0.2, 0.25) is 11.9 Å². The van der Waals surface area contributed by atoms with Gasteiger partial charge in [0.05, 0.1) is 12.8 Å². The zero-order valence-corrected chi connectivity index (χ0v) is 20.2. The third-order valence-corrected chi connectivity index (χ3v) is 5.89. The Morgan fingerprint density at radius 3 is 2.52 bits per heavy atom. The van der Waals surface area contributed by atoms with Crippen LogP contribution in [0.4, 0.5) is 4.79 Å². The predicted molar refractivity (Wildman–Crippen MR) is 132 cm³/mol. The molecule has 8 nitrogen and oxygen atoms in total. The zero-order valence-electron chi connectivity index (χ0n) is 18.6. The molecule has 1 fully saturated rings. The SMILES string of the molecule is Cc1ccc(C[N+]2=C(N/N=C\C(Br)=C/c3ccccc3)N=C3C2C(=O)N(C)C(=O)N3C)cc1. The molecule has 0 aliphatic carbocycles. The van der Waals surface area contributed by atoms with Crippen LogP contribution in [-0.4, -0.2) is 64.5 Å². The molecule has 0 aromatic heterocycles. The van der Waals surface area contributed by atoms with Gasteiger partial charge in [0.25, 0.3) is 5.91 Å². The average molecular weight is 508 g/mol. The first kappa shape index (κ1) is 22.6. The first-order valence-corrected chi connectivity index (χ1v) is 11.2. The van der Waals surface area contributed by atoms with E-state index in [0.29, 0.717) is 18.3 Å². The molecule has 1 saturated heterocycles. The molecule has 0 bridgehead atoms. The van der Waals surface area contributed by atoms with Gasteiger partial charge in [-0.3, -0.25) is 14.6 Å². The number of amidine groups is 1. The molecule has 1 N–H and O–H groups in total. The largest absolute Gasteiger partial charge is 0.414 e. The minimum atomic E-state index is -0.708. The van der Waals surface area contributed by atoms with Gasteiger partial charge in [-0.15, -0.1) is 5.10 Å². The van der Waals surface area contributed by atoms with Crippen LogP contribution in [0, 0.1) is 6.92 Å². The van der Waals surface area contributed by atoms with Crippen LogP contribution >= 0.6 is 15.9 Å². The molecule has 2 aromatic carbocycles. The summed E-state index contributed by atoms with van der Waals surface area (Å²) in [6, 6.07) is 16.8. The lowest BCUT2D eigenvalue weighted by Gasteiger charge is -2.31. The molecule has 1 unspecified atom stereocenters. The number of hydrogen-bond donors (Lipinski definition) is 1. The number of carbonyl (C=O) groups is 2. The topological polar surface area (TPSA) is 80.4 Å². The van der Waals surface area contributed by atoms with Gasteiger partial charge < -0.3 is 0 Å². The summed E-state index contributed by atoms with van der Waals surface area (Å²) in [5.41, 5.74) is 6.15. The number of amides is 3. The molecular formula is C24H24BrN6O2+. The van der Waals surface area contributed by atoms with Crippen LogP contribution in [0.5, 0.6) is 0 Å². The van der Waals surface area contributed by atoms with Gasteiger partial charge in [0.15, 0.2) is 0 Å². The second kappa shape index (κ2) is 9.50. The van der Waals surface area contributed by atoms with E-state index in [-0.39, 0.29) is 5.91 Å². The summed E-state index contributed by atoms with van der Waals surface area (Å²) in [7, 11) is 3.10. The molecule has 1 atom stereocenters. The number of allylic oxidation sites excluding steroid dienone is 1. The van der Waals surface area contributed by atoms with E-state index in [1.807, 2.05) is 72.2 Å². The number of aliphatic imine (C=N–C) groups is 1. The molecule has 2 heterocycles. The quantitative estimate of drug-likeness (QED) is 0.383. The number of hydrogen-bond acceptors (Lipinski definition) is 5. The standard InChI is InChI=1S/C24H23BrN6O2/c1-16-9-11-18(12-10-16)15-31-20-21(29(2)24(33)30(3)22(20)32)27-23(31)28-26-14-19(25)13-17-7-5-4-6-8-17/h4-14,20H,15H2,1-3H3/p+1/b19-13+,26-14-. The Morgan fingerprint density at radius 1 is 1.12 bits per heavy atom. The lowest BCUT2D eigenvalue weighted by molar-refractivity contribution is -0.553. The van der Waals surface area contributed by atoms with Crippen LogP contribution in [0.2, 0.25) is 0 Å². The number of rotatable bonds is 5. The molecule has 4 rings (SSSR count). The minimum Gasteiger partial charge on any atom is -0.270 e. The Labute approximate surface area is 200 Å². The summed E-state index contributed by atoms with van der Waals surface area (Å²) in [6.45, 7) is 2.45. The van der Waals surface area contributed by atoms with Crippen molar-refractivity contribution >= 4 is 52.0 Å². The van der Waals surface area contributed by atoms with E-state index in [2.05, 4.69) is 31.4 Å². The van der Waals surface area contributed by atoms with Gasteiger partial charge in [-0.25, -0.2) is 9.37 Å². The molecule has 2 aliphatic heterocycles. The van der Waals surface area contributed by atoms with Gasteiger partial charge in [0, 0.05) is 18.6 Å². The molecule has 0 saturated carbocycles. The maximum Gasteiger partial charge on any atom is 0.414 e. The Morgan fingerprint density at radius 2 is 1.82 bits per heavy atom. The molecular weight excluding hydrogens is 484 g/mol. The molecule has 2 aromatic rings. The number of nitrogens with zero attached hydrogens (tertiary/aromatic N) is 5. The summed E-state index contributed by atoms with van der Waals surface area (Å²) in [6.07, 6.45) is 3.56. The van der Waals surface area contributed by atoms with E-state index in [4.69, 9.17) is 0 Å². The summed E-state index contributed by atoms with van der Waals surface area (Å²) in [5, 5.41) is 4.30. The number of imide groups is 1. The Bertz CT molecular complexity index is 1200. The van der Waals surface area contributed by atoms with Gasteiger partial charge in [-0.1, -0.05) is 65.2 Å². The van der Waals surface area contributed by atoms with E-state index in [1.54, 1.807) is 13.3 Å². The minimum absolute atomic E-state index is 0.324. The molecule has 33 heavy (non-hydrogen) atoms. The van der Waals surface area contributed by atoms with Gasteiger partial charge in [-0.2, -0.15) is 5.43 Å². The fourth-order valence-corrected chi connectivity index (χ4v) is 4.01. The third-order valence-electron chi connectivity index (χ3n) is 5.46. The van der Waals surface area contributed by atoms with Gasteiger partial charge >= 0.3 is 12.0 Å². The highest BCUT2D eigenvalue weighted by Crippen LogP contribution is 2.20. The maximum atomic E-state index is 13.0. The highest BCUT2D eigenvalue weighted by atomic mass is 79.9. The lowest BCUT2D eigenvalue weighted by Crippen LogP contribution is -2.61. The number of guanidine groups is 1. The lowest BCUT2D eigenvalue weighted by atomic mass is 10.1. The maximum absolute atomic E-state index is 13.0. The normalized spacial score (nSPS) is 18.8. The molecule has 2 aliphatic rings. The Hall–Kier alpha value is -3.59. The number of fused-ring (bicyclic) bond motifs is 1. The number of halogens is 1. The van der Waals surface area contributed by atoms with Crippen LogP contribution in [0.1, 0.15) is 16.7 Å². The first-order valence-electron chi connectivity index (χ1n) is 10.4. The number of aryl methyl sites for hydroxylation is 1. The summed E-state index contributed by atoms with van der Waals surface area (Å²) in [4.78, 5) is 32.5. The van der Waals surface area contributed by atoms with Crippen molar-refractivity contribution in [2.75, 3.05) is 14.1 Å². The number of urea groups is 1. The van der Waals surface area contributed by atoms with Crippen molar-refractivity contribution < 1.29 is 14.2 Å². The highest BCUT2D eigenvalue weighted by Gasteiger charge is 2.51. The van der Waals surface area contributed by atoms with Gasteiger partial charge in [0.1, 0.15) is 0 Å². The van der Waals surface area contributed by atoms with E-state index >= 15 is 0 Å². The van der Waals surface area contributed by atoms with Crippen molar-refractivity contribution in [3.63, 3.8) is 0 Å². The fourth-order valence-electron chi connectivity index (χ4n) is 3.64. The van der Waals surface area contributed by atoms with Crippen molar-refractivity contribution in [1.82, 2.24) is 15.2 Å². The predicted octanol–water partition coefficient (Wildman–Crippen LogP) is 3.18. The summed E-state index contributed by atoms with van der Waals surface area (Å²) < 4.78 is 2.59. The smallest absolute Gasteiger partial charge is 0.270 e. The highest BCUT2D eigenvalue weighted by molar-refractivity contribution is 9.12. The van der Waals surface area contributed by atoms with Crippen molar-refractivity contribution in [1.29, 1.82) is 0 Å². The van der Waals surface area contributed by atoms with Crippen LogP contribution in [-0.2, 0) is 11.3 Å². The fraction of sp³-hybridized carbons (Fsp3) is 0.208. The van der Waals surface area contributed by atoms with Gasteiger partial charge in [-0.05, 0) is 40.1 Å². The second-order valence-corrected chi connectivity index (χ2v) is 8.77. The van der Waals surface area contributed by atoms with Crippen molar-refractivity contribution in [2.24, 2.45) is 10.1 Å². The van der Waals surface area contributed by atoms with Crippen molar-refractivity contribution in [3.8, 4) is 0 Å². The molecule has 168 valence electrons. The molecule has 0 radical (unpaired) electrons. The Balaban J connectivity index is 1.63. The summed E-state index contributed by atoms with van der Waals surface area (Å²) in [5.74, 6) is 0.455. The third kappa shape index (κ3) is 4.78. The molecule has 3 amide bonds. The average Bonchev–Trinajstić information content (AvgIpc) is 3.16. The van der Waals surface area contributed by atoms with E-state index in [1.165, 1.54) is 11.9 Å². The number of nitrogens with one attached hydrogen (secondary N) is 1. The van der Waals surface area contributed by atoms with Crippen molar-refractivity contribution in [3.05, 3.63) is 75.8 Å². The monoisotopic (exact) mass is 507 g/mol. The van der Waals surface area contributed by atoms with Crippen LogP contribution in [0.15, 0.2) is 69.2 Å².